The Bertz CT molecular complexity index is 222. The van der Waals surface area contributed by atoms with Crippen LogP contribution in [-0.4, -0.2) is 11.0 Å². The van der Waals surface area contributed by atoms with Crippen LogP contribution < -0.4 is 0 Å². The van der Waals surface area contributed by atoms with Crippen molar-refractivity contribution in [1.82, 2.24) is 0 Å². The lowest BCUT2D eigenvalue weighted by atomic mass is 10.2. The number of hydrogen-bond donors (Lipinski definition) is 0. The van der Waals surface area contributed by atoms with Crippen molar-refractivity contribution in [3.8, 4) is 0 Å². The zero-order chi connectivity index (χ0) is 6.53. The Balaban J connectivity index is 2.97. The van der Waals surface area contributed by atoms with Crippen molar-refractivity contribution in [3.63, 3.8) is 0 Å². The topological polar surface area (TPSA) is 36.4 Å². The monoisotopic (exact) mass is 117 g/mol. The molecule has 2 nitrogen and oxygen atoms in total. The Morgan fingerprint density at radius 2 is 1.89 bits per heavy atom. The number of benzene rings is 1. The van der Waals surface area contributed by atoms with Crippen LogP contribution in [0.3, 0.4) is 0 Å². The van der Waals surface area contributed by atoms with Gasteiger partial charge in [0.2, 0.25) is 6.21 Å². The van der Waals surface area contributed by atoms with E-state index in [4.69, 9.17) is 5.53 Å². The van der Waals surface area contributed by atoms with Gasteiger partial charge in [0.05, 0.1) is 0 Å². The fourth-order valence-corrected chi connectivity index (χ4v) is 0.570. The minimum Gasteiger partial charge on any atom is -0.377 e. The molecule has 0 unspecified atom stereocenters. The Hall–Kier alpha value is -1.40. The molecule has 0 aliphatic heterocycles. The highest BCUT2D eigenvalue weighted by Crippen LogP contribution is 1.91. The van der Waals surface area contributed by atoms with Crippen LogP contribution in [0, 0.1) is 0 Å². The van der Waals surface area contributed by atoms with E-state index in [-0.39, 0.29) is 0 Å². The van der Waals surface area contributed by atoms with Crippen molar-refractivity contribution in [2.75, 3.05) is 0 Å². The molecule has 0 saturated heterocycles. The van der Waals surface area contributed by atoms with E-state index in [1.54, 1.807) is 12.1 Å². The lowest BCUT2D eigenvalue weighted by Gasteiger charge is -1.89. The lowest BCUT2D eigenvalue weighted by Crippen LogP contribution is -1.77. The molecular formula is C7H5N2-. The molecule has 0 heterocycles. The predicted molar refractivity (Wildman–Crippen MR) is 34.2 cm³/mol. The third-order valence-corrected chi connectivity index (χ3v) is 0.953. The average Bonchev–Trinajstić information content (AvgIpc) is 1.91. The standard InChI is InChI=1S/C7H5N2/c8-9-6-7-4-2-1-3-5-7/h1-5H/q-1. The smallest absolute Gasteiger partial charge is 0.249 e. The van der Waals surface area contributed by atoms with Gasteiger partial charge in [-0.25, -0.2) is 4.79 Å². The summed E-state index contributed by atoms with van der Waals surface area (Å²) in [6.45, 7) is 0. The van der Waals surface area contributed by atoms with Gasteiger partial charge in [-0.1, -0.05) is 6.07 Å². The van der Waals surface area contributed by atoms with Crippen LogP contribution in [0.4, 0.5) is 0 Å². The van der Waals surface area contributed by atoms with E-state index in [0.717, 1.165) is 5.56 Å². The first kappa shape index (κ1) is 5.73. The summed E-state index contributed by atoms with van der Waals surface area (Å²) >= 11 is 0. The van der Waals surface area contributed by atoms with Gasteiger partial charge >= 0.3 is 0 Å². The van der Waals surface area contributed by atoms with Crippen LogP contribution in [-0.2, 0) is 0 Å². The second-order valence-corrected chi connectivity index (χ2v) is 1.58. The summed E-state index contributed by atoms with van der Waals surface area (Å²) in [6, 6.07) is 9.21. The number of hydrogen-bond acceptors (Lipinski definition) is 0. The molecule has 1 aromatic rings. The molecule has 1 rings (SSSR count). The first-order valence-electron chi connectivity index (χ1n) is 2.58. The maximum absolute atomic E-state index is 8.03. The number of rotatable bonds is 1. The van der Waals surface area contributed by atoms with Gasteiger partial charge in [-0.2, -0.15) is 12.1 Å². The van der Waals surface area contributed by atoms with Crippen LogP contribution in [0.1, 0.15) is 5.56 Å². The van der Waals surface area contributed by atoms with Crippen molar-refractivity contribution in [3.05, 3.63) is 41.4 Å². The van der Waals surface area contributed by atoms with Crippen LogP contribution in [0.25, 0.3) is 5.53 Å². The molecule has 0 saturated carbocycles. The summed E-state index contributed by atoms with van der Waals surface area (Å²) in [5, 5.41) is 0. The summed E-state index contributed by atoms with van der Waals surface area (Å²) in [7, 11) is 0. The molecule has 0 radical (unpaired) electrons. The highest BCUT2D eigenvalue weighted by atomic mass is 14.8. The molecule has 0 bridgehead atoms. The van der Waals surface area contributed by atoms with E-state index in [0.29, 0.717) is 0 Å². The SMILES string of the molecule is [N-]=[N+]=[C-]c1ccccc1. The molecule has 0 aliphatic rings. The Labute approximate surface area is 53.4 Å². The second kappa shape index (κ2) is 2.80. The third kappa shape index (κ3) is 1.52. The third-order valence-electron chi connectivity index (χ3n) is 0.953. The first-order chi connectivity index (χ1) is 4.43. The Morgan fingerprint density at radius 1 is 1.22 bits per heavy atom. The molecule has 1 aromatic carbocycles. The highest BCUT2D eigenvalue weighted by molar-refractivity contribution is 5.74. The van der Waals surface area contributed by atoms with Crippen LogP contribution in [0.2, 0.25) is 0 Å². The molecular weight excluding hydrogens is 112 g/mol. The molecule has 44 valence electrons. The molecule has 2 heteroatoms. The Morgan fingerprint density at radius 3 is 2.44 bits per heavy atom. The fraction of sp³-hybridized carbons (Fsp3) is 0. The Kier molecular flexibility index (Phi) is 1.78. The number of nitrogens with zero attached hydrogens (tertiary/aromatic N) is 2. The molecule has 0 atom stereocenters. The zero-order valence-electron chi connectivity index (χ0n) is 4.78. The van der Waals surface area contributed by atoms with Gasteiger partial charge in [0.25, 0.3) is 0 Å². The van der Waals surface area contributed by atoms with Gasteiger partial charge in [-0.3, -0.25) is 0 Å². The van der Waals surface area contributed by atoms with Gasteiger partial charge in [-0.05, 0) is 0 Å². The maximum Gasteiger partial charge on any atom is 0.249 e. The van der Waals surface area contributed by atoms with Crippen LogP contribution in [0.5, 0.6) is 0 Å². The van der Waals surface area contributed by atoms with Crippen molar-refractivity contribution in [2.24, 2.45) is 0 Å². The van der Waals surface area contributed by atoms with Gasteiger partial charge in [-0.15, -0.1) is 17.7 Å². The molecule has 0 aromatic heterocycles. The zero-order valence-corrected chi connectivity index (χ0v) is 4.78. The summed E-state index contributed by atoms with van der Waals surface area (Å²) in [4.78, 5) is 2.76. The fourth-order valence-electron chi connectivity index (χ4n) is 0.570. The lowest BCUT2D eigenvalue weighted by molar-refractivity contribution is 0.00456. The minimum atomic E-state index is 0.778. The quantitative estimate of drug-likeness (QED) is 0.229. The molecule has 0 N–H and O–H groups in total. The molecule has 0 fully saturated rings. The molecule has 9 heavy (non-hydrogen) atoms. The van der Waals surface area contributed by atoms with Gasteiger partial charge < -0.3 is 5.53 Å². The van der Waals surface area contributed by atoms with E-state index >= 15 is 0 Å². The molecule has 0 aliphatic carbocycles. The van der Waals surface area contributed by atoms with Crippen molar-refractivity contribution in [2.45, 2.75) is 0 Å². The highest BCUT2D eigenvalue weighted by Gasteiger charge is 1.75. The summed E-state index contributed by atoms with van der Waals surface area (Å²) < 4.78 is 0. The van der Waals surface area contributed by atoms with E-state index < -0.39 is 0 Å². The normalized spacial score (nSPS) is 8.00. The first-order valence-corrected chi connectivity index (χ1v) is 2.58. The summed E-state index contributed by atoms with van der Waals surface area (Å²) in [5.41, 5.74) is 8.81. The van der Waals surface area contributed by atoms with Crippen LogP contribution >= 0.6 is 0 Å². The van der Waals surface area contributed by atoms with Crippen molar-refractivity contribution < 1.29 is 4.79 Å². The van der Waals surface area contributed by atoms with Crippen molar-refractivity contribution >= 4 is 6.21 Å². The van der Waals surface area contributed by atoms with E-state index in [1.165, 1.54) is 0 Å². The van der Waals surface area contributed by atoms with E-state index in [1.807, 2.05) is 18.2 Å². The molecule has 0 spiro atoms. The van der Waals surface area contributed by atoms with Crippen molar-refractivity contribution in [1.29, 1.82) is 0 Å². The second-order valence-electron chi connectivity index (χ2n) is 1.58. The van der Waals surface area contributed by atoms with Gasteiger partial charge in [0.15, 0.2) is 0 Å². The summed E-state index contributed by atoms with van der Waals surface area (Å²) in [5.74, 6) is 0. The largest absolute Gasteiger partial charge is 0.377 e. The van der Waals surface area contributed by atoms with E-state index in [9.17, 15) is 0 Å². The minimum absolute atomic E-state index is 0.778. The predicted octanol–water partition coefficient (Wildman–Crippen LogP) is 1.21. The maximum atomic E-state index is 8.03. The van der Waals surface area contributed by atoms with Gasteiger partial charge in [0, 0.05) is 0 Å². The van der Waals surface area contributed by atoms with Crippen LogP contribution in [0.15, 0.2) is 30.3 Å². The summed E-state index contributed by atoms with van der Waals surface area (Å²) in [6.07, 6.45) is 2.39. The average molecular weight is 117 g/mol. The van der Waals surface area contributed by atoms with Gasteiger partial charge in [0.1, 0.15) is 0 Å². The van der Waals surface area contributed by atoms with E-state index in [2.05, 4.69) is 11.0 Å². The molecule has 0 amide bonds.